The molecule has 29 heavy (non-hydrogen) atoms. The monoisotopic (exact) mass is 394 g/mol. The van der Waals surface area contributed by atoms with Crippen LogP contribution < -0.4 is 14.8 Å². The lowest BCUT2D eigenvalue weighted by atomic mass is 10.0. The Balaban J connectivity index is 1.49. The summed E-state index contributed by atoms with van der Waals surface area (Å²) in [5.41, 5.74) is 2.25. The summed E-state index contributed by atoms with van der Waals surface area (Å²) < 4.78 is 10.5. The molecule has 0 saturated carbocycles. The lowest BCUT2D eigenvalue weighted by Crippen LogP contribution is -2.47. The molecule has 0 unspecified atom stereocenters. The molecule has 2 aromatic rings. The molecule has 1 heterocycles. The van der Waals surface area contributed by atoms with Crippen molar-refractivity contribution in [1.29, 1.82) is 0 Å². The molecule has 1 atom stereocenters. The van der Waals surface area contributed by atoms with Crippen molar-refractivity contribution >= 4 is 12.0 Å². The largest absolute Gasteiger partial charge is 0.493 e. The van der Waals surface area contributed by atoms with Crippen LogP contribution in [0.5, 0.6) is 11.5 Å². The molecule has 0 bridgehead atoms. The summed E-state index contributed by atoms with van der Waals surface area (Å²) in [5.74, 6) is 1.26. The van der Waals surface area contributed by atoms with Gasteiger partial charge in [-0.25, -0.2) is 0 Å². The summed E-state index contributed by atoms with van der Waals surface area (Å²) in [5, 5.41) is 3.15. The fourth-order valence-electron chi connectivity index (χ4n) is 3.69. The normalized spacial score (nSPS) is 17.2. The Morgan fingerprint density at radius 2 is 1.93 bits per heavy atom. The maximum Gasteiger partial charge on any atom is 0.244 e. The number of hydrogen-bond acceptors (Lipinski definition) is 4. The Labute approximate surface area is 173 Å². The first kappa shape index (κ1) is 20.9. The Morgan fingerprint density at radius 1 is 1.14 bits per heavy atom. The van der Waals surface area contributed by atoms with Crippen molar-refractivity contribution in [2.45, 2.75) is 25.3 Å². The highest BCUT2D eigenvalue weighted by Crippen LogP contribution is 2.27. The van der Waals surface area contributed by atoms with Crippen molar-refractivity contribution in [1.82, 2.24) is 10.2 Å². The van der Waals surface area contributed by atoms with Gasteiger partial charge in [0.1, 0.15) is 0 Å². The lowest BCUT2D eigenvalue weighted by Gasteiger charge is -2.33. The number of nitrogens with one attached hydrogen (secondary N) is 1. The molecule has 1 aliphatic heterocycles. The topological polar surface area (TPSA) is 50.8 Å². The van der Waals surface area contributed by atoms with Gasteiger partial charge in [-0.15, -0.1) is 0 Å². The van der Waals surface area contributed by atoms with Crippen LogP contribution in [-0.2, 0) is 11.2 Å². The van der Waals surface area contributed by atoms with E-state index >= 15 is 0 Å². The number of amides is 1. The first-order chi connectivity index (χ1) is 14.2. The standard InChI is InChI=1S/C24H30N2O3/c1-28-22-12-10-20(17-23(22)29-2)11-13-24(27)25-21-9-6-15-26(18-21)16-14-19-7-4-3-5-8-19/h3-5,7-8,10-13,17,21H,6,9,14-16,18H2,1-2H3,(H,25,27)/b13-11+/t21-/m1/s1. The van der Waals surface area contributed by atoms with Gasteiger partial charge >= 0.3 is 0 Å². The van der Waals surface area contributed by atoms with Gasteiger partial charge in [-0.05, 0) is 55.1 Å². The number of nitrogens with zero attached hydrogens (tertiary/aromatic N) is 1. The Morgan fingerprint density at radius 3 is 2.69 bits per heavy atom. The van der Waals surface area contributed by atoms with E-state index in [1.807, 2.05) is 24.3 Å². The number of rotatable bonds is 8. The van der Waals surface area contributed by atoms with Gasteiger partial charge in [0.25, 0.3) is 0 Å². The molecule has 1 aliphatic rings. The molecular formula is C24H30N2O3. The van der Waals surface area contributed by atoms with Gasteiger partial charge in [0, 0.05) is 25.2 Å². The van der Waals surface area contributed by atoms with Crippen molar-refractivity contribution in [2.75, 3.05) is 33.9 Å². The number of hydrogen-bond donors (Lipinski definition) is 1. The molecular weight excluding hydrogens is 364 g/mol. The number of methoxy groups -OCH3 is 2. The van der Waals surface area contributed by atoms with E-state index in [2.05, 4.69) is 34.5 Å². The zero-order chi connectivity index (χ0) is 20.5. The third-order valence-corrected chi connectivity index (χ3v) is 5.25. The average molecular weight is 395 g/mol. The van der Waals surface area contributed by atoms with E-state index in [-0.39, 0.29) is 11.9 Å². The number of carbonyl (C=O) groups excluding carboxylic acids is 1. The van der Waals surface area contributed by atoms with Gasteiger partial charge in [-0.3, -0.25) is 4.79 Å². The van der Waals surface area contributed by atoms with Crippen LogP contribution in [-0.4, -0.2) is 50.7 Å². The Kier molecular flexibility index (Phi) is 7.70. The highest BCUT2D eigenvalue weighted by Gasteiger charge is 2.20. The van der Waals surface area contributed by atoms with Gasteiger partial charge in [-0.1, -0.05) is 36.4 Å². The maximum atomic E-state index is 12.4. The minimum Gasteiger partial charge on any atom is -0.493 e. The average Bonchev–Trinajstić information content (AvgIpc) is 2.77. The molecule has 2 aromatic carbocycles. The number of benzene rings is 2. The van der Waals surface area contributed by atoms with Gasteiger partial charge < -0.3 is 19.7 Å². The maximum absolute atomic E-state index is 12.4. The molecule has 5 nitrogen and oxygen atoms in total. The first-order valence-electron chi connectivity index (χ1n) is 10.1. The molecule has 0 aliphatic carbocycles. The predicted molar refractivity (Wildman–Crippen MR) is 116 cm³/mol. The van der Waals surface area contributed by atoms with E-state index in [4.69, 9.17) is 9.47 Å². The minimum atomic E-state index is -0.0605. The van der Waals surface area contributed by atoms with E-state index in [1.165, 1.54) is 5.56 Å². The zero-order valence-corrected chi connectivity index (χ0v) is 17.3. The molecule has 1 fully saturated rings. The molecule has 0 spiro atoms. The van der Waals surface area contributed by atoms with Crippen molar-refractivity contribution in [2.24, 2.45) is 0 Å². The van der Waals surface area contributed by atoms with Crippen LogP contribution in [0.1, 0.15) is 24.0 Å². The summed E-state index contributed by atoms with van der Waals surface area (Å²) in [6, 6.07) is 16.3. The highest BCUT2D eigenvalue weighted by molar-refractivity contribution is 5.92. The minimum absolute atomic E-state index is 0.0605. The summed E-state index contributed by atoms with van der Waals surface area (Å²) in [7, 11) is 3.21. The third-order valence-electron chi connectivity index (χ3n) is 5.25. The quantitative estimate of drug-likeness (QED) is 0.696. The van der Waals surface area contributed by atoms with Crippen LogP contribution in [0.15, 0.2) is 54.6 Å². The number of carbonyl (C=O) groups is 1. The summed E-state index contributed by atoms with van der Waals surface area (Å²) in [6.07, 6.45) is 6.56. The molecule has 1 saturated heterocycles. The van der Waals surface area contributed by atoms with Crippen molar-refractivity contribution in [3.63, 3.8) is 0 Å². The first-order valence-corrected chi connectivity index (χ1v) is 10.1. The van der Waals surface area contributed by atoms with Crippen LogP contribution in [0, 0.1) is 0 Å². The zero-order valence-electron chi connectivity index (χ0n) is 17.3. The van der Waals surface area contributed by atoms with Gasteiger partial charge in [0.15, 0.2) is 11.5 Å². The number of piperidine rings is 1. The molecule has 0 radical (unpaired) electrons. The fraction of sp³-hybridized carbons (Fsp3) is 0.375. The van der Waals surface area contributed by atoms with Crippen LogP contribution in [0.3, 0.4) is 0 Å². The van der Waals surface area contributed by atoms with E-state index in [9.17, 15) is 4.79 Å². The summed E-state index contributed by atoms with van der Waals surface area (Å²) in [4.78, 5) is 14.8. The Hall–Kier alpha value is -2.79. The second kappa shape index (κ2) is 10.7. The van der Waals surface area contributed by atoms with Gasteiger partial charge in [0.05, 0.1) is 14.2 Å². The fourth-order valence-corrected chi connectivity index (χ4v) is 3.69. The lowest BCUT2D eigenvalue weighted by molar-refractivity contribution is -0.117. The van der Waals surface area contributed by atoms with Crippen molar-refractivity contribution in [3.8, 4) is 11.5 Å². The highest BCUT2D eigenvalue weighted by atomic mass is 16.5. The van der Waals surface area contributed by atoms with Crippen molar-refractivity contribution < 1.29 is 14.3 Å². The second-order valence-electron chi connectivity index (χ2n) is 7.33. The summed E-state index contributed by atoms with van der Waals surface area (Å²) in [6.45, 7) is 3.03. The number of ether oxygens (including phenoxy) is 2. The number of likely N-dealkylation sites (tertiary alicyclic amines) is 1. The van der Waals surface area contributed by atoms with Crippen LogP contribution >= 0.6 is 0 Å². The van der Waals surface area contributed by atoms with Crippen LogP contribution in [0.2, 0.25) is 0 Å². The molecule has 3 rings (SSSR count). The van der Waals surface area contributed by atoms with E-state index in [1.54, 1.807) is 26.4 Å². The van der Waals surface area contributed by atoms with E-state index < -0.39 is 0 Å². The molecule has 0 aromatic heterocycles. The second-order valence-corrected chi connectivity index (χ2v) is 7.33. The SMILES string of the molecule is COc1ccc(/C=C/C(=O)N[C@@H]2CCCN(CCc3ccccc3)C2)cc1OC. The predicted octanol–water partition coefficient (Wildman–Crippen LogP) is 3.54. The van der Waals surface area contributed by atoms with Gasteiger partial charge in [0.2, 0.25) is 5.91 Å². The van der Waals surface area contributed by atoms with E-state index in [0.717, 1.165) is 44.5 Å². The van der Waals surface area contributed by atoms with Crippen LogP contribution in [0.4, 0.5) is 0 Å². The molecule has 5 heteroatoms. The molecule has 154 valence electrons. The Bertz CT molecular complexity index is 820. The van der Waals surface area contributed by atoms with Crippen LogP contribution in [0.25, 0.3) is 6.08 Å². The van der Waals surface area contributed by atoms with Crippen molar-refractivity contribution in [3.05, 3.63) is 65.7 Å². The smallest absolute Gasteiger partial charge is 0.244 e. The summed E-state index contributed by atoms with van der Waals surface area (Å²) >= 11 is 0. The van der Waals surface area contributed by atoms with Gasteiger partial charge in [-0.2, -0.15) is 0 Å². The molecule has 1 N–H and O–H groups in total. The van der Waals surface area contributed by atoms with E-state index in [0.29, 0.717) is 11.5 Å². The third kappa shape index (κ3) is 6.36. The molecule has 1 amide bonds.